The number of aliphatic hydroxyl groups excluding tert-OH is 1. The summed E-state index contributed by atoms with van der Waals surface area (Å²) in [7, 11) is 0. The van der Waals surface area contributed by atoms with Gasteiger partial charge in [-0.05, 0) is 48.5 Å². The summed E-state index contributed by atoms with van der Waals surface area (Å²) in [5.74, 6) is 1.08. The van der Waals surface area contributed by atoms with Gasteiger partial charge in [-0.1, -0.05) is 13.8 Å². The first kappa shape index (κ1) is 24.2. The van der Waals surface area contributed by atoms with E-state index in [0.717, 1.165) is 5.69 Å². The van der Waals surface area contributed by atoms with Gasteiger partial charge in [0, 0.05) is 37.3 Å². The molecule has 168 valence electrons. The molecule has 2 amide bonds. The highest BCUT2D eigenvalue weighted by Gasteiger charge is 2.08. The number of hydrogen-bond donors (Lipinski definition) is 4. The lowest BCUT2D eigenvalue weighted by Gasteiger charge is -2.14. The molecule has 0 heterocycles. The number of amides is 2. The van der Waals surface area contributed by atoms with Crippen LogP contribution in [0.15, 0.2) is 48.5 Å². The zero-order valence-electron chi connectivity index (χ0n) is 18.2. The van der Waals surface area contributed by atoms with E-state index < -0.39 is 6.10 Å². The Kier molecular flexibility index (Phi) is 9.80. The van der Waals surface area contributed by atoms with Crippen molar-refractivity contribution in [3.05, 3.63) is 48.5 Å². The van der Waals surface area contributed by atoms with E-state index in [1.54, 1.807) is 48.5 Å². The van der Waals surface area contributed by atoms with Gasteiger partial charge in [0.15, 0.2) is 0 Å². The molecule has 8 heteroatoms. The topological polar surface area (TPSA) is 109 Å². The van der Waals surface area contributed by atoms with Gasteiger partial charge in [0.25, 0.3) is 0 Å². The smallest absolute Gasteiger partial charge is 0.226 e. The fourth-order valence-corrected chi connectivity index (χ4v) is 2.52. The minimum Gasteiger partial charge on any atom is -0.492 e. The van der Waals surface area contributed by atoms with Crippen LogP contribution in [0.3, 0.4) is 0 Å². The average molecular weight is 430 g/mol. The van der Waals surface area contributed by atoms with Gasteiger partial charge in [-0.2, -0.15) is 0 Å². The van der Waals surface area contributed by atoms with Crippen molar-refractivity contribution in [2.24, 2.45) is 5.92 Å². The SMILES string of the molecule is CC(=O)Nc1ccc(OCCNCC(O)COc2ccc(NC(=O)C(C)C)cc2)cc1. The molecule has 0 aliphatic rings. The van der Waals surface area contributed by atoms with Crippen molar-refractivity contribution in [1.82, 2.24) is 5.32 Å². The second-order valence-electron chi connectivity index (χ2n) is 7.39. The maximum absolute atomic E-state index is 11.7. The molecule has 1 unspecified atom stereocenters. The predicted molar refractivity (Wildman–Crippen MR) is 121 cm³/mol. The molecule has 1 atom stereocenters. The molecule has 0 aliphatic heterocycles. The maximum Gasteiger partial charge on any atom is 0.226 e. The molecule has 0 saturated heterocycles. The van der Waals surface area contributed by atoms with Gasteiger partial charge in [0.2, 0.25) is 11.8 Å². The summed E-state index contributed by atoms with van der Waals surface area (Å²) in [6.07, 6.45) is -0.669. The number of hydrogen-bond acceptors (Lipinski definition) is 6. The van der Waals surface area contributed by atoms with Crippen molar-refractivity contribution < 1.29 is 24.2 Å². The van der Waals surface area contributed by atoms with Gasteiger partial charge in [-0.3, -0.25) is 9.59 Å². The fraction of sp³-hybridized carbons (Fsp3) is 0.391. The lowest BCUT2D eigenvalue weighted by atomic mass is 10.2. The Hall–Kier alpha value is -3.10. The van der Waals surface area contributed by atoms with E-state index >= 15 is 0 Å². The van der Waals surface area contributed by atoms with Crippen molar-refractivity contribution in [2.75, 3.05) is 36.9 Å². The van der Waals surface area contributed by atoms with Crippen LogP contribution in [0.5, 0.6) is 11.5 Å². The number of carbonyl (C=O) groups is 2. The zero-order valence-corrected chi connectivity index (χ0v) is 18.2. The van der Waals surface area contributed by atoms with Crippen LogP contribution in [-0.2, 0) is 9.59 Å². The highest BCUT2D eigenvalue weighted by Crippen LogP contribution is 2.17. The minimum absolute atomic E-state index is 0.0406. The van der Waals surface area contributed by atoms with Crippen LogP contribution in [-0.4, -0.2) is 49.3 Å². The Morgan fingerprint density at radius 2 is 1.45 bits per heavy atom. The van der Waals surface area contributed by atoms with Crippen LogP contribution in [0.1, 0.15) is 20.8 Å². The van der Waals surface area contributed by atoms with E-state index in [1.807, 2.05) is 13.8 Å². The van der Waals surface area contributed by atoms with Crippen LogP contribution >= 0.6 is 0 Å². The number of benzene rings is 2. The molecule has 31 heavy (non-hydrogen) atoms. The third-order valence-electron chi connectivity index (χ3n) is 4.19. The third kappa shape index (κ3) is 9.50. The number of nitrogens with one attached hydrogen (secondary N) is 3. The molecule has 2 aromatic rings. The number of aliphatic hydroxyl groups is 1. The second kappa shape index (κ2) is 12.6. The van der Waals surface area contributed by atoms with Crippen LogP contribution in [0.4, 0.5) is 11.4 Å². The normalized spacial score (nSPS) is 11.6. The molecule has 0 aliphatic carbocycles. The van der Waals surface area contributed by atoms with Gasteiger partial charge < -0.3 is 30.5 Å². The number of rotatable bonds is 12. The van der Waals surface area contributed by atoms with E-state index in [1.165, 1.54) is 6.92 Å². The van der Waals surface area contributed by atoms with Crippen LogP contribution in [0.25, 0.3) is 0 Å². The molecule has 2 aromatic carbocycles. The molecule has 0 spiro atoms. The lowest BCUT2D eigenvalue weighted by molar-refractivity contribution is -0.119. The summed E-state index contributed by atoms with van der Waals surface area (Å²) in [6, 6.07) is 14.1. The van der Waals surface area contributed by atoms with E-state index in [4.69, 9.17) is 9.47 Å². The van der Waals surface area contributed by atoms with Crippen molar-refractivity contribution in [3.63, 3.8) is 0 Å². The molecule has 4 N–H and O–H groups in total. The van der Waals surface area contributed by atoms with Gasteiger partial charge in [0.1, 0.15) is 30.8 Å². The van der Waals surface area contributed by atoms with Crippen LogP contribution in [0, 0.1) is 5.92 Å². The molecular formula is C23H31N3O5. The predicted octanol–water partition coefficient (Wildman–Crippen LogP) is 2.65. The van der Waals surface area contributed by atoms with Gasteiger partial charge in [-0.25, -0.2) is 0 Å². The van der Waals surface area contributed by atoms with E-state index in [2.05, 4.69) is 16.0 Å². The Bertz CT molecular complexity index is 822. The molecule has 2 rings (SSSR count). The molecule has 0 bridgehead atoms. The summed E-state index contributed by atoms with van der Waals surface area (Å²) in [6.45, 7) is 6.65. The highest BCUT2D eigenvalue weighted by atomic mass is 16.5. The Morgan fingerprint density at radius 3 is 2.00 bits per heavy atom. The van der Waals surface area contributed by atoms with E-state index in [0.29, 0.717) is 36.9 Å². The molecule has 0 fully saturated rings. The van der Waals surface area contributed by atoms with Gasteiger partial charge in [0.05, 0.1) is 0 Å². The van der Waals surface area contributed by atoms with Crippen molar-refractivity contribution in [2.45, 2.75) is 26.9 Å². The standard InChI is InChI=1S/C23H31N3O5/c1-16(2)23(29)26-19-6-10-22(11-7-19)31-15-20(28)14-24-12-13-30-21-8-4-18(5-9-21)25-17(3)27/h4-11,16,20,24,28H,12-15H2,1-3H3,(H,25,27)(H,26,29). The summed E-state index contributed by atoms with van der Waals surface area (Å²) in [4.78, 5) is 22.7. The number of ether oxygens (including phenoxy) is 2. The Balaban J connectivity index is 1.59. The van der Waals surface area contributed by atoms with Crippen molar-refractivity contribution in [3.8, 4) is 11.5 Å². The third-order valence-corrected chi connectivity index (χ3v) is 4.19. The quantitative estimate of drug-likeness (QED) is 0.386. The first-order valence-electron chi connectivity index (χ1n) is 10.3. The summed E-state index contributed by atoms with van der Waals surface area (Å²) in [5, 5.41) is 18.7. The highest BCUT2D eigenvalue weighted by molar-refractivity contribution is 5.92. The molecule has 8 nitrogen and oxygen atoms in total. The zero-order chi connectivity index (χ0) is 22.6. The van der Waals surface area contributed by atoms with E-state index in [-0.39, 0.29) is 24.3 Å². The van der Waals surface area contributed by atoms with Gasteiger partial charge in [-0.15, -0.1) is 0 Å². The summed E-state index contributed by atoms with van der Waals surface area (Å²) < 4.78 is 11.2. The van der Waals surface area contributed by atoms with E-state index in [9.17, 15) is 14.7 Å². The average Bonchev–Trinajstić information content (AvgIpc) is 2.73. The van der Waals surface area contributed by atoms with Crippen LogP contribution in [0.2, 0.25) is 0 Å². The number of carbonyl (C=O) groups excluding carboxylic acids is 2. The second-order valence-corrected chi connectivity index (χ2v) is 7.39. The lowest BCUT2D eigenvalue weighted by Crippen LogP contribution is -2.33. The molecular weight excluding hydrogens is 398 g/mol. The monoisotopic (exact) mass is 429 g/mol. The largest absolute Gasteiger partial charge is 0.492 e. The molecule has 0 aromatic heterocycles. The summed E-state index contributed by atoms with van der Waals surface area (Å²) in [5.41, 5.74) is 1.43. The van der Waals surface area contributed by atoms with Crippen LogP contribution < -0.4 is 25.4 Å². The molecule has 0 radical (unpaired) electrons. The maximum atomic E-state index is 11.7. The summed E-state index contributed by atoms with van der Waals surface area (Å²) >= 11 is 0. The number of anilines is 2. The molecule has 0 saturated carbocycles. The van der Waals surface area contributed by atoms with Gasteiger partial charge >= 0.3 is 0 Å². The first-order valence-corrected chi connectivity index (χ1v) is 10.3. The first-order chi connectivity index (χ1) is 14.8. The Labute approximate surface area is 182 Å². The van der Waals surface area contributed by atoms with Crippen molar-refractivity contribution in [1.29, 1.82) is 0 Å². The minimum atomic E-state index is -0.669. The van der Waals surface area contributed by atoms with Crippen molar-refractivity contribution >= 4 is 23.2 Å². The Morgan fingerprint density at radius 1 is 0.903 bits per heavy atom. The fourth-order valence-electron chi connectivity index (χ4n) is 2.52.